The van der Waals surface area contributed by atoms with E-state index in [2.05, 4.69) is 16.0 Å². The molecule has 25 heavy (non-hydrogen) atoms. The van der Waals surface area contributed by atoms with Gasteiger partial charge in [-0.2, -0.15) is 0 Å². The third-order valence-corrected chi connectivity index (χ3v) is 3.58. The van der Waals surface area contributed by atoms with Crippen LogP contribution in [0, 0.1) is 0 Å². The lowest BCUT2D eigenvalue weighted by Gasteiger charge is -2.10. The molecule has 0 saturated heterocycles. The second-order valence-corrected chi connectivity index (χ2v) is 5.67. The van der Waals surface area contributed by atoms with Gasteiger partial charge in [0, 0.05) is 30.2 Å². The first kappa shape index (κ1) is 18.6. The summed E-state index contributed by atoms with van der Waals surface area (Å²) in [7, 11) is 0. The van der Waals surface area contributed by atoms with Gasteiger partial charge in [-0.25, -0.2) is 4.79 Å². The summed E-state index contributed by atoms with van der Waals surface area (Å²) in [4.78, 5) is 22.8. The van der Waals surface area contributed by atoms with Crippen molar-refractivity contribution in [1.29, 1.82) is 0 Å². The topological polar surface area (TPSA) is 79.5 Å². The highest BCUT2D eigenvalue weighted by Gasteiger charge is 2.03. The predicted octanol–water partition coefficient (Wildman–Crippen LogP) is 3.18. The van der Waals surface area contributed by atoms with E-state index in [9.17, 15) is 9.59 Å². The molecule has 0 aliphatic rings. The number of rotatable bonds is 7. The van der Waals surface area contributed by atoms with E-state index in [-0.39, 0.29) is 11.9 Å². The molecular formula is C18H20ClN3O3. The van der Waals surface area contributed by atoms with Crippen LogP contribution in [0.15, 0.2) is 48.5 Å². The van der Waals surface area contributed by atoms with Gasteiger partial charge in [-0.3, -0.25) is 4.79 Å². The molecule has 0 spiro atoms. The van der Waals surface area contributed by atoms with Crippen molar-refractivity contribution in [2.24, 2.45) is 0 Å². The minimum Gasteiger partial charge on any atom is -0.492 e. The molecule has 0 aliphatic carbocycles. The van der Waals surface area contributed by atoms with E-state index in [1.165, 1.54) is 6.92 Å². The molecule has 3 amide bonds. The summed E-state index contributed by atoms with van der Waals surface area (Å²) >= 11 is 6.03. The minimum atomic E-state index is -0.296. The van der Waals surface area contributed by atoms with Crippen molar-refractivity contribution < 1.29 is 14.3 Å². The molecule has 0 unspecified atom stereocenters. The molecular weight excluding hydrogens is 342 g/mol. The molecule has 0 aliphatic heterocycles. The molecule has 0 bridgehead atoms. The zero-order chi connectivity index (χ0) is 18.1. The zero-order valence-corrected chi connectivity index (χ0v) is 14.6. The van der Waals surface area contributed by atoms with E-state index in [0.717, 1.165) is 5.56 Å². The van der Waals surface area contributed by atoms with Crippen molar-refractivity contribution in [3.05, 3.63) is 59.1 Å². The number of ether oxygens (including phenoxy) is 1. The molecule has 0 atom stereocenters. The number of carbonyl (C=O) groups is 2. The van der Waals surface area contributed by atoms with Crippen LogP contribution in [0.2, 0.25) is 5.02 Å². The van der Waals surface area contributed by atoms with Gasteiger partial charge < -0.3 is 20.7 Å². The van der Waals surface area contributed by atoms with Gasteiger partial charge in [0.05, 0.1) is 6.54 Å². The van der Waals surface area contributed by atoms with Crippen LogP contribution in [-0.2, 0) is 11.3 Å². The van der Waals surface area contributed by atoms with Gasteiger partial charge in [0.15, 0.2) is 0 Å². The van der Waals surface area contributed by atoms with E-state index in [1.54, 1.807) is 30.3 Å². The maximum absolute atomic E-state index is 11.7. The van der Waals surface area contributed by atoms with Crippen molar-refractivity contribution in [3.63, 3.8) is 0 Å². The number of hydrogen-bond acceptors (Lipinski definition) is 3. The van der Waals surface area contributed by atoms with Crippen LogP contribution in [0.25, 0.3) is 0 Å². The Morgan fingerprint density at radius 1 is 1.08 bits per heavy atom. The predicted molar refractivity (Wildman–Crippen MR) is 97.9 cm³/mol. The molecule has 2 aromatic carbocycles. The monoisotopic (exact) mass is 361 g/mol. The number of anilines is 1. The SMILES string of the molecule is CC(=O)Nc1cccc(OCCNC(=O)NCc2ccccc2Cl)c1. The van der Waals surface area contributed by atoms with E-state index in [1.807, 2.05) is 18.2 Å². The smallest absolute Gasteiger partial charge is 0.315 e. The van der Waals surface area contributed by atoms with Crippen molar-refractivity contribution >= 4 is 29.2 Å². The first-order valence-electron chi connectivity index (χ1n) is 7.80. The number of nitrogens with one attached hydrogen (secondary N) is 3. The lowest BCUT2D eigenvalue weighted by atomic mass is 10.2. The van der Waals surface area contributed by atoms with Crippen LogP contribution in [0.5, 0.6) is 5.75 Å². The van der Waals surface area contributed by atoms with Gasteiger partial charge in [-0.05, 0) is 23.8 Å². The molecule has 2 rings (SSSR count). The van der Waals surface area contributed by atoms with Gasteiger partial charge in [-0.1, -0.05) is 35.9 Å². The maximum atomic E-state index is 11.7. The summed E-state index contributed by atoms with van der Waals surface area (Å²) in [5.74, 6) is 0.471. The largest absolute Gasteiger partial charge is 0.492 e. The van der Waals surface area contributed by atoms with Crippen LogP contribution >= 0.6 is 11.6 Å². The number of benzene rings is 2. The molecule has 0 aromatic heterocycles. The fourth-order valence-corrected chi connectivity index (χ4v) is 2.28. The quantitative estimate of drug-likeness (QED) is 0.663. The van der Waals surface area contributed by atoms with Gasteiger partial charge in [0.1, 0.15) is 12.4 Å². The molecule has 3 N–H and O–H groups in total. The lowest BCUT2D eigenvalue weighted by molar-refractivity contribution is -0.114. The highest BCUT2D eigenvalue weighted by molar-refractivity contribution is 6.31. The van der Waals surface area contributed by atoms with Gasteiger partial charge in [0.25, 0.3) is 0 Å². The van der Waals surface area contributed by atoms with Crippen LogP contribution in [0.4, 0.5) is 10.5 Å². The Morgan fingerprint density at radius 3 is 2.64 bits per heavy atom. The average Bonchev–Trinajstić information content (AvgIpc) is 2.58. The number of carbonyl (C=O) groups excluding carboxylic acids is 2. The van der Waals surface area contributed by atoms with Crippen molar-refractivity contribution in [3.8, 4) is 5.75 Å². The van der Waals surface area contributed by atoms with Gasteiger partial charge in [-0.15, -0.1) is 0 Å². The summed E-state index contributed by atoms with van der Waals surface area (Å²) in [6, 6.07) is 14.1. The summed E-state index contributed by atoms with van der Waals surface area (Å²) in [6.07, 6.45) is 0. The summed E-state index contributed by atoms with van der Waals surface area (Å²) < 4.78 is 5.55. The normalized spacial score (nSPS) is 10.0. The molecule has 0 saturated carbocycles. The summed E-state index contributed by atoms with van der Waals surface area (Å²) in [6.45, 7) is 2.45. The van der Waals surface area contributed by atoms with Crippen LogP contribution in [0.1, 0.15) is 12.5 Å². The Hall–Kier alpha value is -2.73. The number of amides is 3. The molecule has 0 heterocycles. The Morgan fingerprint density at radius 2 is 1.88 bits per heavy atom. The minimum absolute atomic E-state index is 0.144. The van der Waals surface area contributed by atoms with Gasteiger partial charge >= 0.3 is 6.03 Å². The number of urea groups is 1. The molecule has 2 aromatic rings. The summed E-state index contributed by atoms with van der Waals surface area (Å²) in [5, 5.41) is 8.73. The summed E-state index contributed by atoms with van der Waals surface area (Å²) in [5.41, 5.74) is 1.51. The highest BCUT2D eigenvalue weighted by Crippen LogP contribution is 2.17. The van der Waals surface area contributed by atoms with E-state index in [4.69, 9.17) is 16.3 Å². The average molecular weight is 362 g/mol. The molecule has 0 fully saturated rings. The Kier molecular flexibility index (Phi) is 7.10. The van der Waals surface area contributed by atoms with Crippen molar-refractivity contribution in [2.45, 2.75) is 13.5 Å². The maximum Gasteiger partial charge on any atom is 0.315 e. The number of hydrogen-bond donors (Lipinski definition) is 3. The van der Waals surface area contributed by atoms with Crippen LogP contribution in [-0.4, -0.2) is 25.1 Å². The molecule has 7 heteroatoms. The van der Waals surface area contributed by atoms with Crippen LogP contribution in [0.3, 0.4) is 0 Å². The van der Waals surface area contributed by atoms with Crippen molar-refractivity contribution in [1.82, 2.24) is 10.6 Å². The van der Waals surface area contributed by atoms with E-state index < -0.39 is 0 Å². The van der Waals surface area contributed by atoms with Crippen molar-refractivity contribution in [2.75, 3.05) is 18.5 Å². The first-order chi connectivity index (χ1) is 12.0. The molecule has 132 valence electrons. The Bertz CT molecular complexity index is 737. The van der Waals surface area contributed by atoms with E-state index in [0.29, 0.717) is 36.2 Å². The lowest BCUT2D eigenvalue weighted by Crippen LogP contribution is -2.37. The number of halogens is 1. The second kappa shape index (κ2) is 9.54. The third-order valence-electron chi connectivity index (χ3n) is 3.21. The Labute approximate surface area is 151 Å². The highest BCUT2D eigenvalue weighted by atomic mass is 35.5. The standard InChI is InChI=1S/C18H20ClN3O3/c1-13(23)22-15-6-4-7-16(11-15)25-10-9-20-18(24)21-12-14-5-2-3-8-17(14)19/h2-8,11H,9-10,12H2,1H3,(H,22,23)(H2,20,21,24). The fourth-order valence-electron chi connectivity index (χ4n) is 2.08. The second-order valence-electron chi connectivity index (χ2n) is 5.26. The zero-order valence-electron chi connectivity index (χ0n) is 13.8. The molecule has 6 nitrogen and oxygen atoms in total. The third kappa shape index (κ3) is 6.73. The van der Waals surface area contributed by atoms with Crippen LogP contribution < -0.4 is 20.7 Å². The van der Waals surface area contributed by atoms with Gasteiger partial charge in [0.2, 0.25) is 5.91 Å². The first-order valence-corrected chi connectivity index (χ1v) is 8.18. The fraction of sp³-hybridized carbons (Fsp3) is 0.222. The van der Waals surface area contributed by atoms with E-state index >= 15 is 0 Å². The Balaban J connectivity index is 1.68. The molecule has 0 radical (unpaired) electrons.